The summed E-state index contributed by atoms with van der Waals surface area (Å²) in [6.45, 7) is 0.655. The number of hydrogen-bond donors (Lipinski definition) is 2. The van der Waals surface area contributed by atoms with Crippen LogP contribution in [-0.4, -0.2) is 0 Å². The van der Waals surface area contributed by atoms with E-state index in [1.807, 2.05) is 60.7 Å². The van der Waals surface area contributed by atoms with E-state index in [9.17, 15) is 8.96 Å². The van der Waals surface area contributed by atoms with Crippen LogP contribution >= 0.6 is 7.67 Å². The van der Waals surface area contributed by atoms with Gasteiger partial charge in [-0.05, 0) is 23.3 Å². The Morgan fingerprint density at radius 3 is 1.69 bits per heavy atom. The highest BCUT2D eigenvalue weighted by atomic mass is 31.2. The largest absolute Gasteiger partial charge is 0.419 e. The maximum Gasteiger partial charge on any atom is 0.391 e. The molecule has 3 rings (SSSR count). The van der Waals surface area contributed by atoms with Gasteiger partial charge in [-0.25, -0.2) is 19.1 Å². The lowest BCUT2D eigenvalue weighted by Gasteiger charge is -2.21. The summed E-state index contributed by atoms with van der Waals surface area (Å²) < 4.78 is 32.7. The summed E-state index contributed by atoms with van der Waals surface area (Å²) in [6.07, 6.45) is 0. The molecule has 3 aromatic carbocycles. The molecule has 2 N–H and O–H groups in total. The number of nitrogens with one attached hydrogen (secondary N) is 2. The van der Waals surface area contributed by atoms with Crippen molar-refractivity contribution in [2.24, 2.45) is 0 Å². The topological polar surface area (TPSA) is 50.4 Å². The van der Waals surface area contributed by atoms with Gasteiger partial charge in [-0.2, -0.15) is 0 Å². The molecule has 4 nitrogen and oxygen atoms in total. The molecule has 0 saturated heterocycles. The molecule has 0 bridgehead atoms. The predicted molar refractivity (Wildman–Crippen MR) is 101 cm³/mol. The molecule has 0 fully saturated rings. The number of rotatable bonds is 8. The van der Waals surface area contributed by atoms with Crippen LogP contribution < -0.4 is 14.7 Å². The normalized spacial score (nSPS) is 11.3. The van der Waals surface area contributed by atoms with Gasteiger partial charge in [-0.1, -0.05) is 72.8 Å². The van der Waals surface area contributed by atoms with Crippen molar-refractivity contribution in [2.75, 3.05) is 0 Å². The van der Waals surface area contributed by atoms with E-state index in [1.165, 1.54) is 12.1 Å². The second kappa shape index (κ2) is 8.77. The Morgan fingerprint density at radius 1 is 0.731 bits per heavy atom. The van der Waals surface area contributed by atoms with Crippen molar-refractivity contribution in [3.8, 4) is 5.75 Å². The van der Waals surface area contributed by atoms with E-state index in [2.05, 4.69) is 10.2 Å². The zero-order valence-corrected chi connectivity index (χ0v) is 15.0. The number of para-hydroxylation sites is 1. The zero-order chi connectivity index (χ0) is 18.2. The van der Waals surface area contributed by atoms with Crippen LogP contribution in [0.1, 0.15) is 11.1 Å². The smallest absolute Gasteiger partial charge is 0.391 e. The Balaban J connectivity index is 1.75. The molecule has 0 atom stereocenters. The van der Waals surface area contributed by atoms with Crippen molar-refractivity contribution in [2.45, 2.75) is 13.1 Å². The standard InChI is InChI=1S/C20H20FN2O2P/c21-19-13-7-8-14-20(19)25-26(24,22-15-17-9-3-1-4-10-17)23-16-18-11-5-2-6-12-18/h1-14H,15-16H2,(H2,22,23,24). The van der Waals surface area contributed by atoms with Crippen molar-refractivity contribution in [1.82, 2.24) is 10.2 Å². The average molecular weight is 370 g/mol. The highest BCUT2D eigenvalue weighted by Gasteiger charge is 2.25. The number of benzene rings is 3. The maximum absolute atomic E-state index is 13.9. The molecule has 0 heterocycles. The SMILES string of the molecule is O=P(NCc1ccccc1)(NCc1ccccc1)Oc1ccccc1F. The minimum atomic E-state index is -3.54. The molecule has 0 aliphatic rings. The molecule has 134 valence electrons. The summed E-state index contributed by atoms with van der Waals surface area (Å²) in [4.78, 5) is 0. The lowest BCUT2D eigenvalue weighted by atomic mass is 10.2. The van der Waals surface area contributed by atoms with Crippen LogP contribution in [0, 0.1) is 5.82 Å². The van der Waals surface area contributed by atoms with E-state index in [0.29, 0.717) is 13.1 Å². The van der Waals surface area contributed by atoms with Gasteiger partial charge >= 0.3 is 7.67 Å². The van der Waals surface area contributed by atoms with Crippen LogP contribution in [0.5, 0.6) is 5.75 Å². The fraction of sp³-hybridized carbons (Fsp3) is 0.100. The Kier molecular flexibility index (Phi) is 6.18. The molecule has 0 aliphatic heterocycles. The highest BCUT2D eigenvalue weighted by Crippen LogP contribution is 2.40. The van der Waals surface area contributed by atoms with Gasteiger partial charge in [-0.3, -0.25) is 0 Å². The lowest BCUT2D eigenvalue weighted by Crippen LogP contribution is -2.26. The molecular weight excluding hydrogens is 350 g/mol. The fourth-order valence-electron chi connectivity index (χ4n) is 2.36. The van der Waals surface area contributed by atoms with Gasteiger partial charge in [0.05, 0.1) is 0 Å². The molecule has 0 spiro atoms. The van der Waals surface area contributed by atoms with E-state index in [1.54, 1.807) is 12.1 Å². The Hall–Kier alpha value is -2.46. The molecule has 0 unspecified atom stereocenters. The number of halogens is 1. The van der Waals surface area contributed by atoms with Crippen molar-refractivity contribution in [3.05, 3.63) is 102 Å². The third kappa shape index (κ3) is 5.27. The second-order valence-corrected chi connectivity index (χ2v) is 7.63. The van der Waals surface area contributed by atoms with Gasteiger partial charge in [0.15, 0.2) is 11.6 Å². The van der Waals surface area contributed by atoms with Gasteiger partial charge in [0.2, 0.25) is 0 Å². The molecule has 0 radical (unpaired) electrons. The number of hydrogen-bond acceptors (Lipinski definition) is 2. The Labute approximate surface area is 152 Å². The van der Waals surface area contributed by atoms with E-state index in [0.717, 1.165) is 11.1 Å². The summed E-state index contributed by atoms with van der Waals surface area (Å²) >= 11 is 0. The van der Waals surface area contributed by atoms with Crippen LogP contribution in [0.15, 0.2) is 84.9 Å². The first-order valence-corrected chi connectivity index (χ1v) is 9.89. The van der Waals surface area contributed by atoms with Crippen LogP contribution in [0.3, 0.4) is 0 Å². The highest BCUT2D eigenvalue weighted by molar-refractivity contribution is 7.55. The first-order chi connectivity index (χ1) is 12.6. The quantitative estimate of drug-likeness (QED) is 0.554. The minimum absolute atomic E-state index is 0.0584. The molecule has 0 aromatic heterocycles. The van der Waals surface area contributed by atoms with Crippen molar-refractivity contribution in [3.63, 3.8) is 0 Å². The molecule has 0 amide bonds. The second-order valence-electron chi connectivity index (χ2n) is 5.71. The molecule has 3 aromatic rings. The zero-order valence-electron chi connectivity index (χ0n) is 14.1. The molecule has 26 heavy (non-hydrogen) atoms. The minimum Gasteiger partial charge on any atom is -0.419 e. The summed E-state index contributed by atoms with van der Waals surface area (Å²) in [7, 11) is -3.54. The van der Waals surface area contributed by atoms with Crippen molar-refractivity contribution >= 4 is 7.67 Å². The van der Waals surface area contributed by atoms with Crippen LogP contribution in [0.4, 0.5) is 4.39 Å². The van der Waals surface area contributed by atoms with E-state index in [-0.39, 0.29) is 5.75 Å². The maximum atomic E-state index is 13.9. The molecule has 0 aliphatic carbocycles. The predicted octanol–water partition coefficient (Wildman–Crippen LogP) is 4.89. The monoisotopic (exact) mass is 370 g/mol. The van der Waals surface area contributed by atoms with E-state index in [4.69, 9.17) is 4.52 Å². The van der Waals surface area contributed by atoms with E-state index < -0.39 is 13.5 Å². The first kappa shape index (κ1) is 18.3. The summed E-state index contributed by atoms with van der Waals surface area (Å²) in [5, 5.41) is 5.83. The van der Waals surface area contributed by atoms with Gasteiger partial charge in [-0.15, -0.1) is 0 Å². The molecule has 0 saturated carbocycles. The molecular formula is C20H20FN2O2P. The summed E-state index contributed by atoms with van der Waals surface area (Å²) in [6, 6.07) is 25.0. The van der Waals surface area contributed by atoms with Gasteiger partial charge in [0.25, 0.3) is 0 Å². The van der Waals surface area contributed by atoms with Crippen LogP contribution in [-0.2, 0) is 17.7 Å². The Bertz CT molecular complexity index is 828. The first-order valence-electron chi connectivity index (χ1n) is 8.27. The third-order valence-electron chi connectivity index (χ3n) is 3.73. The van der Waals surface area contributed by atoms with Crippen molar-refractivity contribution in [1.29, 1.82) is 0 Å². The summed E-state index contributed by atoms with van der Waals surface area (Å²) in [5.74, 6) is -0.618. The van der Waals surface area contributed by atoms with Gasteiger partial charge < -0.3 is 4.52 Å². The van der Waals surface area contributed by atoms with Crippen molar-refractivity contribution < 1.29 is 13.5 Å². The molecule has 6 heteroatoms. The Morgan fingerprint density at radius 2 is 1.19 bits per heavy atom. The van der Waals surface area contributed by atoms with Gasteiger partial charge in [0, 0.05) is 13.1 Å². The average Bonchev–Trinajstić information content (AvgIpc) is 2.69. The fourth-order valence-corrected chi connectivity index (χ4v) is 3.81. The van der Waals surface area contributed by atoms with Crippen LogP contribution in [0.25, 0.3) is 0 Å². The van der Waals surface area contributed by atoms with Crippen LogP contribution in [0.2, 0.25) is 0 Å². The lowest BCUT2D eigenvalue weighted by molar-refractivity contribution is 0.432. The van der Waals surface area contributed by atoms with Gasteiger partial charge in [0.1, 0.15) is 0 Å². The third-order valence-corrected chi connectivity index (χ3v) is 5.33. The summed E-state index contributed by atoms with van der Waals surface area (Å²) in [5.41, 5.74) is 1.90. The van der Waals surface area contributed by atoms with E-state index >= 15 is 0 Å².